The first kappa shape index (κ1) is 15.2. The van der Waals surface area contributed by atoms with E-state index in [2.05, 4.69) is 10.6 Å². The lowest BCUT2D eigenvalue weighted by molar-refractivity contribution is 0.262. The zero-order valence-electron chi connectivity index (χ0n) is 12.2. The van der Waals surface area contributed by atoms with Gasteiger partial charge >= 0.3 is 6.03 Å². The number of carbonyl (C=O) groups is 1. The second-order valence-electron chi connectivity index (χ2n) is 4.75. The van der Waals surface area contributed by atoms with E-state index in [1.165, 1.54) is 0 Å². The number of nitrogens with one attached hydrogen (secondary N) is 2. The minimum atomic E-state index is -0.315. The van der Waals surface area contributed by atoms with Gasteiger partial charge in [-0.2, -0.15) is 0 Å². The minimum absolute atomic E-state index is 0.315. The first-order chi connectivity index (χ1) is 9.99. The zero-order valence-corrected chi connectivity index (χ0v) is 12.9. The van der Waals surface area contributed by atoms with Crippen LogP contribution in [0.4, 0.5) is 16.2 Å². The Bertz CT molecular complexity index is 671. The molecule has 0 fully saturated rings. The van der Waals surface area contributed by atoms with Gasteiger partial charge in [0, 0.05) is 11.4 Å². The molecule has 2 amide bonds. The Labute approximate surface area is 129 Å². The van der Waals surface area contributed by atoms with E-state index in [1.807, 2.05) is 32.0 Å². The topological polar surface area (TPSA) is 50.4 Å². The number of methoxy groups -OCH3 is 1. The quantitative estimate of drug-likeness (QED) is 0.870. The van der Waals surface area contributed by atoms with Gasteiger partial charge in [0.15, 0.2) is 0 Å². The van der Waals surface area contributed by atoms with E-state index in [4.69, 9.17) is 16.3 Å². The first-order valence-electron chi connectivity index (χ1n) is 6.48. The second kappa shape index (κ2) is 6.50. The smallest absolute Gasteiger partial charge is 0.323 e. The van der Waals surface area contributed by atoms with Crippen LogP contribution in [0.2, 0.25) is 5.02 Å². The van der Waals surface area contributed by atoms with Crippen LogP contribution < -0.4 is 15.4 Å². The van der Waals surface area contributed by atoms with Gasteiger partial charge in [-0.1, -0.05) is 23.7 Å². The molecular formula is C16H17ClN2O2. The maximum Gasteiger partial charge on any atom is 0.323 e. The summed E-state index contributed by atoms with van der Waals surface area (Å²) in [5.41, 5.74) is 3.47. The van der Waals surface area contributed by atoms with Crippen molar-refractivity contribution in [2.45, 2.75) is 13.8 Å². The van der Waals surface area contributed by atoms with Crippen molar-refractivity contribution >= 4 is 29.0 Å². The molecule has 0 heterocycles. The van der Waals surface area contributed by atoms with Crippen molar-refractivity contribution in [2.75, 3.05) is 17.7 Å². The summed E-state index contributed by atoms with van der Waals surface area (Å²) in [6.07, 6.45) is 0. The molecule has 0 bridgehead atoms. The predicted octanol–water partition coefficient (Wildman–Crippen LogP) is 4.61. The lowest BCUT2D eigenvalue weighted by Crippen LogP contribution is -2.20. The molecule has 0 saturated carbocycles. The molecule has 0 aromatic heterocycles. The number of anilines is 2. The van der Waals surface area contributed by atoms with Crippen LogP contribution in [0.15, 0.2) is 36.4 Å². The Hall–Kier alpha value is -2.20. The van der Waals surface area contributed by atoms with E-state index in [9.17, 15) is 4.79 Å². The highest BCUT2D eigenvalue weighted by Gasteiger charge is 2.07. The molecule has 0 saturated heterocycles. The standard InChI is InChI=1S/C16H17ClN2O2/c1-10-4-5-11(2)14(8-10)19-16(20)18-12-6-7-15(21-3)13(17)9-12/h4-9H,1-3H3,(H2,18,19,20). The third-order valence-corrected chi connectivity index (χ3v) is 3.35. The van der Waals surface area contributed by atoms with Crippen LogP contribution >= 0.6 is 11.6 Å². The van der Waals surface area contributed by atoms with Crippen molar-refractivity contribution in [3.8, 4) is 5.75 Å². The predicted molar refractivity (Wildman–Crippen MR) is 86.6 cm³/mol. The van der Waals surface area contributed by atoms with Crippen LogP contribution in [-0.4, -0.2) is 13.1 Å². The highest BCUT2D eigenvalue weighted by atomic mass is 35.5. The number of halogens is 1. The van der Waals surface area contributed by atoms with E-state index in [1.54, 1.807) is 25.3 Å². The van der Waals surface area contributed by atoms with E-state index >= 15 is 0 Å². The van der Waals surface area contributed by atoms with Gasteiger partial charge in [-0.25, -0.2) is 4.79 Å². The highest BCUT2D eigenvalue weighted by molar-refractivity contribution is 6.32. The molecule has 0 radical (unpaired) electrons. The van der Waals surface area contributed by atoms with Crippen molar-refractivity contribution in [1.82, 2.24) is 0 Å². The Kier molecular flexibility index (Phi) is 4.70. The van der Waals surface area contributed by atoms with Gasteiger partial charge in [-0.05, 0) is 49.2 Å². The molecule has 0 aliphatic rings. The number of rotatable bonds is 3. The fourth-order valence-corrected chi connectivity index (χ4v) is 2.16. The maximum atomic E-state index is 12.0. The van der Waals surface area contributed by atoms with E-state index in [0.717, 1.165) is 16.8 Å². The van der Waals surface area contributed by atoms with Crippen LogP contribution in [0.3, 0.4) is 0 Å². The number of ether oxygens (including phenoxy) is 1. The Morgan fingerprint density at radius 2 is 1.86 bits per heavy atom. The van der Waals surface area contributed by atoms with Crippen molar-refractivity contribution in [1.29, 1.82) is 0 Å². The lowest BCUT2D eigenvalue weighted by atomic mass is 10.1. The monoisotopic (exact) mass is 304 g/mol. The summed E-state index contributed by atoms with van der Waals surface area (Å²) < 4.78 is 5.07. The normalized spacial score (nSPS) is 10.1. The number of aryl methyl sites for hydroxylation is 2. The minimum Gasteiger partial charge on any atom is -0.495 e. The first-order valence-corrected chi connectivity index (χ1v) is 6.86. The molecule has 0 spiro atoms. The second-order valence-corrected chi connectivity index (χ2v) is 5.15. The molecule has 2 aromatic carbocycles. The summed E-state index contributed by atoms with van der Waals surface area (Å²) >= 11 is 6.02. The summed E-state index contributed by atoms with van der Waals surface area (Å²) in [6, 6.07) is 10.7. The number of urea groups is 1. The Morgan fingerprint density at radius 1 is 1.10 bits per heavy atom. The van der Waals surface area contributed by atoms with Crippen molar-refractivity contribution in [3.05, 3.63) is 52.5 Å². The zero-order chi connectivity index (χ0) is 15.4. The van der Waals surface area contributed by atoms with E-state index in [0.29, 0.717) is 16.5 Å². The summed E-state index contributed by atoms with van der Waals surface area (Å²) in [7, 11) is 1.54. The van der Waals surface area contributed by atoms with Gasteiger partial charge in [0.25, 0.3) is 0 Å². The van der Waals surface area contributed by atoms with Gasteiger partial charge in [0.2, 0.25) is 0 Å². The van der Waals surface area contributed by atoms with Gasteiger partial charge in [-0.15, -0.1) is 0 Å². The van der Waals surface area contributed by atoms with Crippen molar-refractivity contribution in [2.24, 2.45) is 0 Å². The molecule has 0 aliphatic heterocycles. The molecule has 4 nitrogen and oxygen atoms in total. The molecular weight excluding hydrogens is 288 g/mol. The van der Waals surface area contributed by atoms with Gasteiger partial charge in [0.1, 0.15) is 5.75 Å². The number of hydrogen-bond donors (Lipinski definition) is 2. The van der Waals surface area contributed by atoms with Gasteiger partial charge in [0.05, 0.1) is 12.1 Å². The number of hydrogen-bond acceptors (Lipinski definition) is 2. The average molecular weight is 305 g/mol. The Morgan fingerprint density at radius 3 is 2.52 bits per heavy atom. The third-order valence-electron chi connectivity index (χ3n) is 3.05. The van der Waals surface area contributed by atoms with Crippen LogP contribution in [0.25, 0.3) is 0 Å². The van der Waals surface area contributed by atoms with Crippen LogP contribution in [0.5, 0.6) is 5.75 Å². The molecule has 2 N–H and O–H groups in total. The summed E-state index contributed by atoms with van der Waals surface area (Å²) in [5.74, 6) is 0.567. The Balaban J connectivity index is 2.08. The van der Waals surface area contributed by atoms with Crippen LogP contribution in [-0.2, 0) is 0 Å². The molecule has 2 aromatic rings. The largest absolute Gasteiger partial charge is 0.495 e. The number of benzene rings is 2. The van der Waals surface area contributed by atoms with Gasteiger partial charge in [-0.3, -0.25) is 0 Å². The van der Waals surface area contributed by atoms with Crippen LogP contribution in [0, 0.1) is 13.8 Å². The molecule has 2 rings (SSSR count). The molecule has 110 valence electrons. The summed E-state index contributed by atoms with van der Waals surface area (Å²) in [4.78, 5) is 12.0. The van der Waals surface area contributed by atoms with E-state index in [-0.39, 0.29) is 6.03 Å². The number of amides is 2. The molecule has 21 heavy (non-hydrogen) atoms. The highest BCUT2D eigenvalue weighted by Crippen LogP contribution is 2.27. The summed E-state index contributed by atoms with van der Waals surface area (Å²) in [5, 5.41) is 6.01. The van der Waals surface area contributed by atoms with Crippen molar-refractivity contribution < 1.29 is 9.53 Å². The molecule has 0 atom stereocenters. The molecule has 0 unspecified atom stereocenters. The SMILES string of the molecule is COc1ccc(NC(=O)Nc2cc(C)ccc2C)cc1Cl. The molecule has 5 heteroatoms. The fourth-order valence-electron chi connectivity index (χ4n) is 1.90. The molecule has 0 aliphatic carbocycles. The van der Waals surface area contributed by atoms with Gasteiger partial charge < -0.3 is 15.4 Å². The van der Waals surface area contributed by atoms with Crippen LogP contribution in [0.1, 0.15) is 11.1 Å². The fraction of sp³-hybridized carbons (Fsp3) is 0.188. The van der Waals surface area contributed by atoms with Crippen molar-refractivity contribution in [3.63, 3.8) is 0 Å². The number of carbonyl (C=O) groups excluding carboxylic acids is 1. The third kappa shape index (κ3) is 3.89. The maximum absolute atomic E-state index is 12.0. The van der Waals surface area contributed by atoms with E-state index < -0.39 is 0 Å². The average Bonchev–Trinajstić information content (AvgIpc) is 2.43. The lowest BCUT2D eigenvalue weighted by Gasteiger charge is -2.11. The summed E-state index contributed by atoms with van der Waals surface area (Å²) in [6.45, 7) is 3.92.